The van der Waals surface area contributed by atoms with Crippen molar-refractivity contribution in [3.8, 4) is 11.5 Å². The van der Waals surface area contributed by atoms with Crippen LogP contribution in [0.3, 0.4) is 0 Å². The van der Waals surface area contributed by atoms with Crippen molar-refractivity contribution in [3.63, 3.8) is 0 Å². The number of carbonyl (C=O) groups is 4. The van der Waals surface area contributed by atoms with Gasteiger partial charge in [0.05, 0.1) is 27.9 Å². The molecule has 4 atom stereocenters. The van der Waals surface area contributed by atoms with Crippen LogP contribution in [0.1, 0.15) is 24.3 Å². The van der Waals surface area contributed by atoms with Gasteiger partial charge in [0.15, 0.2) is 23.1 Å². The van der Waals surface area contributed by atoms with Crippen molar-refractivity contribution in [2.24, 2.45) is 17.8 Å². The van der Waals surface area contributed by atoms with Crippen molar-refractivity contribution in [2.75, 3.05) is 14.2 Å². The molecular weight excluding hydrogens is 558 g/mol. The van der Waals surface area contributed by atoms with E-state index in [9.17, 15) is 24.3 Å². The maximum Gasteiger partial charge on any atom is 0.233 e. The summed E-state index contributed by atoms with van der Waals surface area (Å²) in [7, 11) is 2.92. The molecule has 0 aromatic heterocycles. The zero-order valence-electron chi connectivity index (χ0n) is 17.7. The molecule has 9 heteroatoms. The molecule has 1 aromatic rings. The van der Waals surface area contributed by atoms with E-state index in [1.807, 2.05) is 6.08 Å². The molecule has 7 nitrogen and oxygen atoms in total. The van der Waals surface area contributed by atoms with Crippen molar-refractivity contribution in [3.05, 3.63) is 55.5 Å². The molecule has 0 bridgehead atoms. The van der Waals surface area contributed by atoms with E-state index < -0.39 is 17.8 Å². The number of benzene rings is 1. The number of phenolic OH excluding ortho intramolecular Hbond substituents is 1. The van der Waals surface area contributed by atoms with E-state index in [-0.39, 0.29) is 51.7 Å². The summed E-state index contributed by atoms with van der Waals surface area (Å²) in [5, 5.41) is 10.3. The molecule has 4 unspecified atom stereocenters. The van der Waals surface area contributed by atoms with Gasteiger partial charge >= 0.3 is 0 Å². The summed E-state index contributed by atoms with van der Waals surface area (Å²) in [5.74, 6) is -2.92. The summed E-state index contributed by atoms with van der Waals surface area (Å²) in [6.07, 6.45) is 3.84. The van der Waals surface area contributed by atoms with E-state index in [0.717, 1.165) is 5.57 Å². The second-order valence-electron chi connectivity index (χ2n) is 8.68. The van der Waals surface area contributed by atoms with Gasteiger partial charge in [-0.25, -0.2) is 0 Å². The number of nitrogens with zero attached hydrogens (tertiary/aromatic N) is 1. The minimum Gasteiger partial charge on any atom is -0.503 e. The lowest BCUT2D eigenvalue weighted by Gasteiger charge is -2.42. The Morgan fingerprint density at radius 3 is 2.52 bits per heavy atom. The number of amides is 2. The fourth-order valence-electron chi connectivity index (χ4n) is 5.66. The molecule has 1 aromatic carbocycles. The number of imide groups is 1. The highest BCUT2D eigenvalue weighted by molar-refractivity contribution is 9.12. The van der Waals surface area contributed by atoms with Crippen LogP contribution in [0, 0.1) is 17.8 Å². The van der Waals surface area contributed by atoms with Crippen LogP contribution in [0.25, 0.3) is 0 Å². The van der Waals surface area contributed by atoms with Crippen LogP contribution >= 0.6 is 31.9 Å². The Kier molecular flexibility index (Phi) is 5.25. The number of aromatic hydroxyl groups is 1. The van der Waals surface area contributed by atoms with E-state index in [0.29, 0.717) is 27.6 Å². The standard InChI is InChI=1S/C24H19Br2NO6/c1-27-23(31)11-4-3-10-12(19(11)24(27)32)7-13-20(16(28)8-15(26)21(13)29)18(10)9-5-14(25)22(30)17(6-9)33-2/h3,5-6,8,11-12,18-19,30H,4,7H2,1-2H3. The van der Waals surface area contributed by atoms with Crippen LogP contribution in [0.15, 0.2) is 50.0 Å². The first-order valence-corrected chi connectivity index (χ1v) is 12.0. The van der Waals surface area contributed by atoms with E-state index in [4.69, 9.17) is 4.74 Å². The van der Waals surface area contributed by atoms with Gasteiger partial charge in [0.25, 0.3) is 0 Å². The summed E-state index contributed by atoms with van der Waals surface area (Å²) in [6.45, 7) is 0. The van der Waals surface area contributed by atoms with Crippen molar-refractivity contribution in [1.82, 2.24) is 4.90 Å². The smallest absolute Gasteiger partial charge is 0.233 e. The van der Waals surface area contributed by atoms with Crippen molar-refractivity contribution >= 4 is 55.2 Å². The number of carbonyl (C=O) groups excluding carboxylic acids is 4. The monoisotopic (exact) mass is 575 g/mol. The molecule has 2 amide bonds. The van der Waals surface area contributed by atoms with Gasteiger partial charge in [-0.2, -0.15) is 0 Å². The van der Waals surface area contributed by atoms with Gasteiger partial charge in [-0.3, -0.25) is 24.1 Å². The first-order valence-electron chi connectivity index (χ1n) is 10.4. The van der Waals surface area contributed by atoms with E-state index in [2.05, 4.69) is 31.9 Å². The van der Waals surface area contributed by atoms with Gasteiger partial charge in [-0.15, -0.1) is 0 Å². The zero-order chi connectivity index (χ0) is 23.8. The lowest BCUT2D eigenvalue weighted by atomic mass is 9.59. The molecule has 1 N–H and O–H groups in total. The van der Waals surface area contributed by atoms with Crippen molar-refractivity contribution in [2.45, 2.75) is 18.8 Å². The topological polar surface area (TPSA) is 101 Å². The van der Waals surface area contributed by atoms with Gasteiger partial charge in [0, 0.05) is 30.2 Å². The number of allylic oxidation sites excluding steroid dienone is 6. The van der Waals surface area contributed by atoms with Crippen LogP contribution in [0.5, 0.6) is 11.5 Å². The summed E-state index contributed by atoms with van der Waals surface area (Å²) in [6, 6.07) is 3.34. The fourth-order valence-corrected chi connectivity index (χ4v) is 6.57. The molecular formula is C24H19Br2NO6. The molecule has 0 radical (unpaired) electrons. The highest BCUT2D eigenvalue weighted by atomic mass is 79.9. The van der Waals surface area contributed by atoms with E-state index >= 15 is 0 Å². The number of hydrogen-bond acceptors (Lipinski definition) is 6. The number of hydrogen-bond donors (Lipinski definition) is 1. The molecule has 0 spiro atoms. The molecule has 1 heterocycles. The summed E-state index contributed by atoms with van der Waals surface area (Å²) < 4.78 is 5.88. The third-order valence-electron chi connectivity index (χ3n) is 7.16. The Labute approximate surface area is 206 Å². The van der Waals surface area contributed by atoms with Gasteiger partial charge in [0.1, 0.15) is 0 Å². The number of fused-ring (bicyclic) bond motifs is 3. The summed E-state index contributed by atoms with van der Waals surface area (Å²) in [4.78, 5) is 53.2. The van der Waals surface area contributed by atoms with E-state index in [1.165, 1.54) is 25.1 Å². The molecule has 1 fully saturated rings. The third-order valence-corrected chi connectivity index (χ3v) is 8.35. The minimum atomic E-state index is -0.604. The fraction of sp³-hybridized carbons (Fsp3) is 0.333. The number of phenols is 1. The molecule has 3 aliphatic carbocycles. The SMILES string of the molecule is COc1cc(C2C3=CCC4C(=O)N(C)C(=O)C4C3CC3=C2C(=O)C=C(Br)C3=O)cc(Br)c1O. The average molecular weight is 577 g/mol. The first kappa shape index (κ1) is 22.3. The van der Waals surface area contributed by atoms with Gasteiger partial charge in [-0.05, 0) is 68.3 Å². The number of ketones is 2. The number of ether oxygens (including phenoxy) is 1. The predicted octanol–water partition coefficient (Wildman–Crippen LogP) is 3.56. The molecule has 1 saturated heterocycles. The Bertz CT molecular complexity index is 1260. The third kappa shape index (κ3) is 3.12. The van der Waals surface area contributed by atoms with Crippen LogP contribution in [0.2, 0.25) is 0 Å². The highest BCUT2D eigenvalue weighted by Gasteiger charge is 2.55. The van der Waals surface area contributed by atoms with Gasteiger partial charge in [-0.1, -0.05) is 11.6 Å². The molecule has 0 saturated carbocycles. The molecule has 1 aliphatic heterocycles. The summed E-state index contributed by atoms with van der Waals surface area (Å²) in [5.41, 5.74) is 2.23. The molecule has 170 valence electrons. The Balaban J connectivity index is 1.74. The average Bonchev–Trinajstić information content (AvgIpc) is 3.02. The zero-order valence-corrected chi connectivity index (χ0v) is 20.9. The van der Waals surface area contributed by atoms with Crippen LogP contribution in [-0.2, 0) is 19.2 Å². The molecule has 33 heavy (non-hydrogen) atoms. The predicted molar refractivity (Wildman–Crippen MR) is 125 cm³/mol. The van der Waals surface area contributed by atoms with Crippen LogP contribution in [0.4, 0.5) is 0 Å². The molecule has 5 rings (SSSR count). The second-order valence-corrected chi connectivity index (χ2v) is 10.4. The second kappa shape index (κ2) is 7.77. The summed E-state index contributed by atoms with van der Waals surface area (Å²) >= 11 is 6.55. The largest absolute Gasteiger partial charge is 0.503 e. The Morgan fingerprint density at radius 1 is 1.09 bits per heavy atom. The van der Waals surface area contributed by atoms with Gasteiger partial charge in [0.2, 0.25) is 11.8 Å². The van der Waals surface area contributed by atoms with Crippen LogP contribution in [-0.4, -0.2) is 47.5 Å². The number of rotatable bonds is 2. The van der Waals surface area contributed by atoms with E-state index in [1.54, 1.807) is 12.1 Å². The van der Waals surface area contributed by atoms with Crippen molar-refractivity contribution < 1.29 is 29.0 Å². The number of Topliss-reactive ketones (excluding diaryl/α,β-unsaturated/α-hetero) is 1. The maximum absolute atomic E-state index is 13.2. The Morgan fingerprint density at radius 2 is 1.82 bits per heavy atom. The number of methoxy groups -OCH3 is 1. The lowest BCUT2D eigenvalue weighted by Crippen LogP contribution is -2.39. The highest BCUT2D eigenvalue weighted by Crippen LogP contribution is 2.56. The molecule has 4 aliphatic rings. The minimum absolute atomic E-state index is 0.0765. The quantitative estimate of drug-likeness (QED) is 0.328. The lowest BCUT2D eigenvalue weighted by molar-refractivity contribution is -0.138. The maximum atomic E-state index is 13.2. The number of likely N-dealkylation sites (tertiary alicyclic amines) is 1. The van der Waals surface area contributed by atoms with Crippen molar-refractivity contribution in [1.29, 1.82) is 0 Å². The normalized spacial score (nSPS) is 28.9. The van der Waals surface area contributed by atoms with Crippen LogP contribution < -0.4 is 4.74 Å². The number of halogens is 2. The first-order chi connectivity index (χ1) is 15.6. The Hall–Kier alpha value is -2.52. The van der Waals surface area contributed by atoms with Gasteiger partial charge < -0.3 is 9.84 Å².